The van der Waals surface area contributed by atoms with Gasteiger partial charge in [-0.3, -0.25) is 4.79 Å². The highest BCUT2D eigenvalue weighted by Crippen LogP contribution is 2.26. The van der Waals surface area contributed by atoms with Gasteiger partial charge in [-0.05, 0) is 51.1 Å². The number of carbonyl (C=O) groups is 1. The van der Waals surface area contributed by atoms with Gasteiger partial charge in [0.25, 0.3) is 5.91 Å². The van der Waals surface area contributed by atoms with Gasteiger partial charge in [-0.15, -0.1) is 11.3 Å². The summed E-state index contributed by atoms with van der Waals surface area (Å²) in [4.78, 5) is 18.4. The molecule has 3 aromatic rings. The van der Waals surface area contributed by atoms with E-state index >= 15 is 0 Å². The Morgan fingerprint density at radius 3 is 2.95 bits per heavy atom. The molecule has 0 aliphatic carbocycles. The minimum absolute atomic E-state index is 0.00815. The van der Waals surface area contributed by atoms with E-state index in [1.807, 2.05) is 23.6 Å². The standard InChI is InChI=1S/C14H12BrN3OS2/c1-18(6-8-4-12(15)20-7-8)13(19)9-2-3-10-11(5-9)21-14(16)17-10/h2-5,7H,6H2,1H3,(H2,16,17). The van der Waals surface area contributed by atoms with Gasteiger partial charge in [0.2, 0.25) is 0 Å². The van der Waals surface area contributed by atoms with Crippen LogP contribution in [0.2, 0.25) is 0 Å². The van der Waals surface area contributed by atoms with E-state index in [1.54, 1.807) is 29.4 Å². The van der Waals surface area contributed by atoms with Crippen molar-refractivity contribution in [3.63, 3.8) is 0 Å². The smallest absolute Gasteiger partial charge is 0.253 e. The molecule has 21 heavy (non-hydrogen) atoms. The number of nitrogens with zero attached hydrogens (tertiary/aromatic N) is 2. The minimum atomic E-state index is -0.00815. The Morgan fingerprint density at radius 2 is 2.24 bits per heavy atom. The number of thiophene rings is 1. The molecule has 0 saturated heterocycles. The fraction of sp³-hybridized carbons (Fsp3) is 0.143. The van der Waals surface area contributed by atoms with E-state index in [1.165, 1.54) is 11.3 Å². The molecule has 0 aliphatic heterocycles. The molecule has 0 unspecified atom stereocenters. The van der Waals surface area contributed by atoms with Gasteiger partial charge >= 0.3 is 0 Å². The second-order valence-corrected chi connectivity index (χ2v) is 8.01. The lowest BCUT2D eigenvalue weighted by molar-refractivity contribution is 0.0785. The molecule has 0 atom stereocenters. The zero-order chi connectivity index (χ0) is 15.0. The van der Waals surface area contributed by atoms with Crippen LogP contribution < -0.4 is 5.73 Å². The Morgan fingerprint density at radius 1 is 1.43 bits per heavy atom. The summed E-state index contributed by atoms with van der Waals surface area (Å²) < 4.78 is 2.00. The van der Waals surface area contributed by atoms with E-state index < -0.39 is 0 Å². The number of thiazole rings is 1. The zero-order valence-electron chi connectivity index (χ0n) is 11.2. The zero-order valence-corrected chi connectivity index (χ0v) is 14.4. The Balaban J connectivity index is 1.81. The number of hydrogen-bond donors (Lipinski definition) is 1. The summed E-state index contributed by atoms with van der Waals surface area (Å²) in [5, 5.41) is 2.56. The first-order valence-electron chi connectivity index (χ1n) is 6.17. The van der Waals surface area contributed by atoms with Gasteiger partial charge in [-0.25, -0.2) is 4.98 Å². The number of aromatic nitrogens is 1. The van der Waals surface area contributed by atoms with Crippen LogP contribution in [0.25, 0.3) is 10.2 Å². The third kappa shape index (κ3) is 3.09. The van der Waals surface area contributed by atoms with Crippen LogP contribution in [-0.2, 0) is 6.54 Å². The van der Waals surface area contributed by atoms with Crippen molar-refractivity contribution in [2.75, 3.05) is 12.8 Å². The molecule has 0 fully saturated rings. The maximum absolute atomic E-state index is 12.5. The van der Waals surface area contributed by atoms with Crippen LogP contribution >= 0.6 is 38.6 Å². The highest BCUT2D eigenvalue weighted by molar-refractivity contribution is 9.11. The molecular formula is C14H12BrN3OS2. The topological polar surface area (TPSA) is 59.2 Å². The maximum atomic E-state index is 12.5. The fourth-order valence-electron chi connectivity index (χ4n) is 2.07. The van der Waals surface area contributed by atoms with Gasteiger partial charge in [-0.2, -0.15) is 0 Å². The number of nitrogens with two attached hydrogens (primary N) is 1. The van der Waals surface area contributed by atoms with Gasteiger partial charge < -0.3 is 10.6 Å². The Bertz CT molecular complexity index is 812. The monoisotopic (exact) mass is 381 g/mol. The van der Waals surface area contributed by atoms with Crippen molar-refractivity contribution in [2.24, 2.45) is 0 Å². The van der Waals surface area contributed by atoms with Crippen LogP contribution in [0.4, 0.5) is 5.13 Å². The van der Waals surface area contributed by atoms with Gasteiger partial charge in [0.15, 0.2) is 5.13 Å². The second kappa shape index (κ2) is 5.75. The largest absolute Gasteiger partial charge is 0.375 e. The number of anilines is 1. The van der Waals surface area contributed by atoms with Crippen LogP contribution in [0.5, 0.6) is 0 Å². The number of carbonyl (C=O) groups excluding carboxylic acids is 1. The molecule has 0 saturated carbocycles. The number of rotatable bonds is 3. The third-order valence-electron chi connectivity index (χ3n) is 3.04. The highest BCUT2D eigenvalue weighted by atomic mass is 79.9. The summed E-state index contributed by atoms with van der Waals surface area (Å²) in [6.07, 6.45) is 0. The van der Waals surface area contributed by atoms with Crippen LogP contribution in [0.3, 0.4) is 0 Å². The van der Waals surface area contributed by atoms with Gasteiger partial charge in [0.05, 0.1) is 14.0 Å². The number of benzene rings is 1. The first-order valence-corrected chi connectivity index (χ1v) is 8.66. The van der Waals surface area contributed by atoms with E-state index in [0.29, 0.717) is 17.2 Å². The Hall–Kier alpha value is -1.44. The van der Waals surface area contributed by atoms with Crippen molar-refractivity contribution in [3.8, 4) is 0 Å². The predicted molar refractivity (Wildman–Crippen MR) is 91.8 cm³/mol. The van der Waals surface area contributed by atoms with Gasteiger partial charge in [-0.1, -0.05) is 11.3 Å². The SMILES string of the molecule is CN(Cc1csc(Br)c1)C(=O)c1ccc2nc(N)sc2c1. The lowest BCUT2D eigenvalue weighted by Gasteiger charge is -2.16. The summed E-state index contributed by atoms with van der Waals surface area (Å²) in [5.41, 5.74) is 8.29. The number of hydrogen-bond acceptors (Lipinski definition) is 5. The lowest BCUT2D eigenvalue weighted by Crippen LogP contribution is -2.25. The van der Waals surface area contributed by atoms with Crippen molar-refractivity contribution >= 4 is 59.9 Å². The summed E-state index contributed by atoms with van der Waals surface area (Å²) in [6, 6.07) is 7.52. The Kier molecular flexibility index (Phi) is 3.97. The van der Waals surface area contributed by atoms with Crippen LogP contribution in [-0.4, -0.2) is 22.8 Å². The maximum Gasteiger partial charge on any atom is 0.253 e. The van der Waals surface area contributed by atoms with Crippen molar-refractivity contribution in [1.29, 1.82) is 0 Å². The number of halogens is 1. The number of amides is 1. The van der Waals surface area contributed by atoms with Crippen molar-refractivity contribution in [3.05, 3.63) is 44.6 Å². The molecule has 7 heteroatoms. The molecule has 0 radical (unpaired) electrons. The van der Waals surface area contributed by atoms with E-state index in [0.717, 1.165) is 19.6 Å². The fourth-order valence-corrected chi connectivity index (χ4v) is 4.04. The summed E-state index contributed by atoms with van der Waals surface area (Å²) in [5.74, 6) is -0.00815. The molecule has 2 N–H and O–H groups in total. The molecule has 1 amide bonds. The van der Waals surface area contributed by atoms with Crippen molar-refractivity contribution in [2.45, 2.75) is 6.54 Å². The molecule has 2 heterocycles. The van der Waals surface area contributed by atoms with Gasteiger partial charge in [0, 0.05) is 19.2 Å². The number of fused-ring (bicyclic) bond motifs is 1. The van der Waals surface area contributed by atoms with Crippen LogP contribution in [0.15, 0.2) is 33.4 Å². The van der Waals surface area contributed by atoms with Gasteiger partial charge in [0.1, 0.15) is 0 Å². The van der Waals surface area contributed by atoms with Crippen LogP contribution in [0, 0.1) is 0 Å². The predicted octanol–water partition coefficient (Wildman–Crippen LogP) is 3.97. The number of nitrogen functional groups attached to an aromatic ring is 1. The summed E-state index contributed by atoms with van der Waals surface area (Å²) >= 11 is 6.44. The first-order chi connectivity index (χ1) is 10.0. The minimum Gasteiger partial charge on any atom is -0.375 e. The molecule has 1 aromatic carbocycles. The van der Waals surface area contributed by atoms with Crippen molar-refractivity contribution in [1.82, 2.24) is 9.88 Å². The van der Waals surface area contributed by atoms with Crippen LogP contribution in [0.1, 0.15) is 15.9 Å². The second-order valence-electron chi connectivity index (χ2n) is 4.65. The van der Waals surface area contributed by atoms with E-state index in [-0.39, 0.29) is 5.91 Å². The molecule has 3 rings (SSSR count). The normalized spacial score (nSPS) is 11.0. The lowest BCUT2D eigenvalue weighted by atomic mass is 10.2. The molecule has 108 valence electrons. The Labute approximate surface area is 138 Å². The average molecular weight is 382 g/mol. The highest BCUT2D eigenvalue weighted by Gasteiger charge is 2.14. The van der Waals surface area contributed by atoms with E-state index in [9.17, 15) is 4.79 Å². The summed E-state index contributed by atoms with van der Waals surface area (Å²) in [6.45, 7) is 0.587. The third-order valence-corrected chi connectivity index (χ3v) is 5.44. The molecule has 0 aliphatic rings. The van der Waals surface area contributed by atoms with E-state index in [4.69, 9.17) is 5.73 Å². The molecule has 0 spiro atoms. The van der Waals surface area contributed by atoms with E-state index in [2.05, 4.69) is 20.9 Å². The quantitative estimate of drug-likeness (QED) is 0.746. The van der Waals surface area contributed by atoms with Crippen molar-refractivity contribution < 1.29 is 4.79 Å². The molecule has 2 aromatic heterocycles. The molecule has 4 nitrogen and oxygen atoms in total. The molecule has 0 bridgehead atoms. The summed E-state index contributed by atoms with van der Waals surface area (Å²) in [7, 11) is 1.80. The average Bonchev–Trinajstić information content (AvgIpc) is 3.01. The molecular weight excluding hydrogens is 370 g/mol. The first kappa shape index (κ1) is 14.5.